The number of carbonyl (C=O) groups excluding carboxylic acids is 1. The van der Waals surface area contributed by atoms with E-state index in [4.69, 9.17) is 0 Å². The lowest BCUT2D eigenvalue weighted by molar-refractivity contribution is -0.123. The average molecular weight is 227 g/mol. The molecule has 2 nitrogen and oxygen atoms in total. The highest BCUT2D eigenvalue weighted by Crippen LogP contribution is 2.37. The van der Waals surface area contributed by atoms with Gasteiger partial charge in [0.15, 0.2) is 0 Å². The molecule has 0 aliphatic heterocycles. The largest absolute Gasteiger partial charge is 0.299 e. The van der Waals surface area contributed by atoms with Crippen molar-refractivity contribution in [1.82, 2.24) is 4.72 Å². The van der Waals surface area contributed by atoms with Gasteiger partial charge in [-0.2, -0.15) is 0 Å². The third kappa shape index (κ3) is 2.97. The van der Waals surface area contributed by atoms with Crippen LogP contribution in [0.1, 0.15) is 46.0 Å². The monoisotopic (exact) mass is 227 g/mol. The molecule has 2 fully saturated rings. The Morgan fingerprint density at radius 3 is 2.73 bits per heavy atom. The second kappa shape index (κ2) is 4.88. The molecular weight excluding hydrogens is 206 g/mol. The smallest absolute Gasteiger partial charge is 0.136 e. The number of ketones is 1. The fourth-order valence-corrected chi connectivity index (χ4v) is 3.38. The van der Waals surface area contributed by atoms with Crippen molar-refractivity contribution in [1.29, 1.82) is 0 Å². The summed E-state index contributed by atoms with van der Waals surface area (Å²) in [6, 6.07) is 0.575. The van der Waals surface area contributed by atoms with E-state index in [0.717, 1.165) is 11.7 Å². The summed E-state index contributed by atoms with van der Waals surface area (Å²) in [4.78, 5) is 11.7. The number of carbonyl (C=O) groups is 1. The first-order chi connectivity index (χ1) is 7.20. The Morgan fingerprint density at radius 2 is 2.13 bits per heavy atom. The SMILES string of the molecule is CCC(=O)C1CC(NSC2CC2)CC1C. The lowest BCUT2D eigenvalue weighted by atomic mass is 9.92. The van der Waals surface area contributed by atoms with Gasteiger partial charge in [-0.3, -0.25) is 9.52 Å². The van der Waals surface area contributed by atoms with E-state index in [1.807, 2.05) is 18.9 Å². The van der Waals surface area contributed by atoms with Gasteiger partial charge in [0.05, 0.1) is 0 Å². The lowest BCUT2D eigenvalue weighted by Gasteiger charge is -2.11. The number of nitrogens with one attached hydrogen (secondary N) is 1. The van der Waals surface area contributed by atoms with Gasteiger partial charge in [-0.1, -0.05) is 25.8 Å². The quantitative estimate of drug-likeness (QED) is 0.732. The summed E-state index contributed by atoms with van der Waals surface area (Å²) in [6.07, 6.45) is 5.69. The Hall–Kier alpha value is -0.0200. The van der Waals surface area contributed by atoms with E-state index in [2.05, 4.69) is 11.6 Å². The summed E-state index contributed by atoms with van der Waals surface area (Å²) in [5.74, 6) is 1.37. The fourth-order valence-electron chi connectivity index (χ4n) is 2.43. The Morgan fingerprint density at radius 1 is 1.40 bits per heavy atom. The van der Waals surface area contributed by atoms with E-state index in [-0.39, 0.29) is 0 Å². The molecule has 15 heavy (non-hydrogen) atoms. The van der Waals surface area contributed by atoms with Crippen molar-refractivity contribution in [2.75, 3.05) is 0 Å². The normalized spacial score (nSPS) is 35.7. The molecule has 1 N–H and O–H groups in total. The van der Waals surface area contributed by atoms with Gasteiger partial charge in [0.1, 0.15) is 5.78 Å². The minimum Gasteiger partial charge on any atom is -0.299 e. The molecule has 0 heterocycles. The summed E-state index contributed by atoms with van der Waals surface area (Å²) < 4.78 is 3.55. The lowest BCUT2D eigenvalue weighted by Crippen LogP contribution is -2.21. The minimum absolute atomic E-state index is 0.326. The van der Waals surface area contributed by atoms with Crippen LogP contribution in [0.5, 0.6) is 0 Å². The maximum Gasteiger partial charge on any atom is 0.136 e. The summed E-state index contributed by atoms with van der Waals surface area (Å²) >= 11 is 1.90. The Balaban J connectivity index is 1.77. The van der Waals surface area contributed by atoms with Crippen LogP contribution in [0.3, 0.4) is 0 Å². The van der Waals surface area contributed by atoms with Crippen molar-refractivity contribution in [2.24, 2.45) is 11.8 Å². The molecule has 3 atom stereocenters. The average Bonchev–Trinajstić information content (AvgIpc) is 2.98. The van der Waals surface area contributed by atoms with Crippen LogP contribution in [0.2, 0.25) is 0 Å². The van der Waals surface area contributed by atoms with E-state index in [0.29, 0.717) is 30.1 Å². The van der Waals surface area contributed by atoms with E-state index < -0.39 is 0 Å². The third-order valence-electron chi connectivity index (χ3n) is 3.57. The minimum atomic E-state index is 0.326. The molecule has 0 saturated heterocycles. The molecule has 2 aliphatic carbocycles. The van der Waals surface area contributed by atoms with Crippen LogP contribution in [0.4, 0.5) is 0 Å². The molecular formula is C12H21NOS. The highest BCUT2D eigenvalue weighted by Gasteiger charge is 2.35. The van der Waals surface area contributed by atoms with Crippen molar-refractivity contribution in [3.63, 3.8) is 0 Å². The molecule has 0 spiro atoms. The molecule has 0 aromatic rings. The van der Waals surface area contributed by atoms with Crippen LogP contribution in [0.25, 0.3) is 0 Å². The topological polar surface area (TPSA) is 29.1 Å². The fraction of sp³-hybridized carbons (Fsp3) is 0.917. The maximum absolute atomic E-state index is 11.7. The van der Waals surface area contributed by atoms with Crippen molar-refractivity contribution in [2.45, 2.75) is 57.2 Å². The molecule has 0 amide bonds. The van der Waals surface area contributed by atoms with Crippen LogP contribution in [0, 0.1) is 11.8 Å². The first-order valence-corrected chi connectivity index (χ1v) is 7.02. The van der Waals surface area contributed by atoms with E-state index in [1.165, 1.54) is 19.3 Å². The van der Waals surface area contributed by atoms with Gasteiger partial charge >= 0.3 is 0 Å². The van der Waals surface area contributed by atoms with Crippen LogP contribution in [-0.4, -0.2) is 17.1 Å². The van der Waals surface area contributed by atoms with Crippen LogP contribution < -0.4 is 4.72 Å². The van der Waals surface area contributed by atoms with E-state index in [9.17, 15) is 4.79 Å². The first kappa shape index (κ1) is 11.5. The second-order valence-corrected chi connectivity index (χ2v) is 6.15. The van der Waals surface area contributed by atoms with Gasteiger partial charge in [-0.05, 0) is 31.6 Å². The predicted molar refractivity (Wildman–Crippen MR) is 64.7 cm³/mol. The van der Waals surface area contributed by atoms with Gasteiger partial charge in [-0.15, -0.1) is 0 Å². The first-order valence-electron chi connectivity index (χ1n) is 6.14. The number of Topliss-reactive ketones (excluding diaryl/α,β-unsaturated/α-hetero) is 1. The van der Waals surface area contributed by atoms with E-state index in [1.54, 1.807) is 0 Å². The predicted octanol–water partition coefficient (Wildman–Crippen LogP) is 2.78. The van der Waals surface area contributed by atoms with Crippen LogP contribution >= 0.6 is 11.9 Å². The van der Waals surface area contributed by atoms with Crippen molar-refractivity contribution in [3.05, 3.63) is 0 Å². The number of rotatable bonds is 5. The molecule has 86 valence electrons. The van der Waals surface area contributed by atoms with Gasteiger partial charge < -0.3 is 0 Å². The van der Waals surface area contributed by atoms with Crippen LogP contribution in [-0.2, 0) is 4.79 Å². The zero-order chi connectivity index (χ0) is 10.8. The standard InChI is InChI=1S/C12H21NOS/c1-3-12(14)11-7-9(6-8(11)2)13-15-10-4-5-10/h8-11,13H,3-7H2,1-2H3. The maximum atomic E-state index is 11.7. The molecule has 2 aliphatic rings. The Labute approximate surface area is 96.7 Å². The van der Waals surface area contributed by atoms with Crippen LogP contribution in [0.15, 0.2) is 0 Å². The van der Waals surface area contributed by atoms with Crippen molar-refractivity contribution >= 4 is 17.7 Å². The summed E-state index contributed by atoms with van der Waals surface area (Å²) in [7, 11) is 0. The highest BCUT2D eigenvalue weighted by atomic mass is 32.2. The molecule has 0 aromatic carbocycles. The van der Waals surface area contributed by atoms with Crippen molar-refractivity contribution in [3.8, 4) is 0 Å². The molecule has 2 rings (SSSR count). The number of hydrogen-bond acceptors (Lipinski definition) is 3. The highest BCUT2D eigenvalue weighted by molar-refractivity contribution is 7.98. The van der Waals surface area contributed by atoms with Gasteiger partial charge in [0, 0.05) is 23.6 Å². The Bertz CT molecular complexity index is 240. The second-order valence-electron chi connectivity index (χ2n) is 5.01. The molecule has 0 aromatic heterocycles. The van der Waals surface area contributed by atoms with Gasteiger partial charge in [0.25, 0.3) is 0 Å². The molecule has 3 heteroatoms. The molecule has 0 bridgehead atoms. The van der Waals surface area contributed by atoms with Gasteiger partial charge in [-0.25, -0.2) is 0 Å². The Kier molecular flexibility index (Phi) is 3.73. The van der Waals surface area contributed by atoms with Crippen molar-refractivity contribution < 1.29 is 4.79 Å². The zero-order valence-corrected chi connectivity index (χ0v) is 10.5. The third-order valence-corrected chi connectivity index (χ3v) is 4.84. The summed E-state index contributed by atoms with van der Waals surface area (Å²) in [5, 5.41) is 0.862. The molecule has 3 unspecified atom stereocenters. The molecule has 0 radical (unpaired) electrons. The number of hydrogen-bond donors (Lipinski definition) is 1. The van der Waals surface area contributed by atoms with Gasteiger partial charge in [0.2, 0.25) is 0 Å². The summed E-state index contributed by atoms with van der Waals surface area (Å²) in [6.45, 7) is 4.20. The zero-order valence-electron chi connectivity index (χ0n) is 9.66. The van der Waals surface area contributed by atoms with E-state index >= 15 is 0 Å². The summed E-state index contributed by atoms with van der Waals surface area (Å²) in [5.41, 5.74) is 0. The molecule has 2 saturated carbocycles.